The van der Waals surface area contributed by atoms with Gasteiger partial charge in [-0.15, -0.1) is 0 Å². The smallest absolute Gasteiger partial charge is 0.433 e. The number of carbonyl (C=O) groups excluding carboxylic acids is 1. The van der Waals surface area contributed by atoms with Crippen LogP contribution in [0.4, 0.5) is 18.9 Å². The first-order chi connectivity index (χ1) is 10.3. The molecule has 22 heavy (non-hydrogen) atoms. The average molecular weight is 331 g/mol. The number of amides is 1. The number of nitrogens with zero attached hydrogens (tertiary/aromatic N) is 1. The molecule has 0 radical (unpaired) electrons. The molecule has 0 spiro atoms. The quantitative estimate of drug-likeness (QED) is 0.925. The average Bonchev–Trinajstić information content (AvgIpc) is 2.46. The fourth-order valence-electron chi connectivity index (χ4n) is 1.64. The number of anilines is 1. The van der Waals surface area contributed by atoms with E-state index in [1.807, 2.05) is 0 Å². The van der Waals surface area contributed by atoms with Gasteiger partial charge in [0, 0.05) is 11.9 Å². The van der Waals surface area contributed by atoms with Gasteiger partial charge in [-0.1, -0.05) is 11.6 Å². The van der Waals surface area contributed by atoms with Crippen LogP contribution < -0.4 is 10.1 Å². The summed E-state index contributed by atoms with van der Waals surface area (Å²) >= 11 is 5.92. The lowest BCUT2D eigenvalue weighted by atomic mass is 10.2. The summed E-state index contributed by atoms with van der Waals surface area (Å²) in [6.07, 6.45) is -3.68. The van der Waals surface area contributed by atoms with Crippen molar-refractivity contribution in [3.05, 3.63) is 52.8 Å². The van der Waals surface area contributed by atoms with Gasteiger partial charge >= 0.3 is 6.18 Å². The topological polar surface area (TPSA) is 51.2 Å². The Bertz CT molecular complexity index is 687. The van der Waals surface area contributed by atoms with Gasteiger partial charge in [0.1, 0.15) is 11.4 Å². The van der Waals surface area contributed by atoms with Gasteiger partial charge in [-0.05, 0) is 30.3 Å². The summed E-state index contributed by atoms with van der Waals surface area (Å²) in [6, 6.07) is 6.38. The fraction of sp³-hybridized carbons (Fsp3) is 0.143. The number of hydrogen-bond donors (Lipinski definition) is 1. The summed E-state index contributed by atoms with van der Waals surface area (Å²) < 4.78 is 42.2. The zero-order valence-corrected chi connectivity index (χ0v) is 12.0. The summed E-state index contributed by atoms with van der Waals surface area (Å²) in [5.74, 6) is -0.154. The first kappa shape index (κ1) is 16.1. The van der Waals surface area contributed by atoms with Crippen molar-refractivity contribution in [2.24, 2.45) is 0 Å². The fourth-order valence-corrected chi connectivity index (χ4v) is 1.90. The van der Waals surface area contributed by atoms with Crippen LogP contribution in [0.15, 0.2) is 36.5 Å². The molecule has 1 amide bonds. The van der Waals surface area contributed by atoms with Crippen LogP contribution in [0.3, 0.4) is 0 Å². The van der Waals surface area contributed by atoms with Crippen molar-refractivity contribution < 1.29 is 22.7 Å². The number of methoxy groups -OCH3 is 1. The number of benzene rings is 1. The number of alkyl halides is 3. The third kappa shape index (κ3) is 3.67. The van der Waals surface area contributed by atoms with Crippen LogP contribution in [0.25, 0.3) is 0 Å². The normalized spacial score (nSPS) is 11.1. The standard InChI is InChI=1S/C14H10ClF3N2O2/c1-22-11-4-3-9(6-10(11)15)20-13(21)8-2-5-12(19-7-8)14(16,17)18/h2-7H,1H3,(H,20,21). The second kappa shape index (κ2) is 6.23. The summed E-state index contributed by atoms with van der Waals surface area (Å²) in [5.41, 5.74) is -0.674. The van der Waals surface area contributed by atoms with Crippen LogP contribution in [0.2, 0.25) is 5.02 Å². The summed E-state index contributed by atoms with van der Waals surface area (Å²) in [5, 5.41) is 2.81. The molecular weight excluding hydrogens is 321 g/mol. The van der Waals surface area contributed by atoms with Crippen molar-refractivity contribution >= 4 is 23.2 Å². The monoisotopic (exact) mass is 330 g/mol. The molecule has 1 N–H and O–H groups in total. The molecule has 0 aliphatic carbocycles. The molecule has 4 nitrogen and oxygen atoms in total. The summed E-state index contributed by atoms with van der Waals surface area (Å²) in [4.78, 5) is 15.2. The zero-order chi connectivity index (χ0) is 16.3. The maximum absolute atomic E-state index is 12.4. The minimum atomic E-state index is -4.54. The number of hydrogen-bond acceptors (Lipinski definition) is 3. The Morgan fingerprint density at radius 3 is 2.50 bits per heavy atom. The maximum atomic E-state index is 12.4. The molecule has 2 aromatic rings. The number of aromatic nitrogens is 1. The molecule has 1 aromatic heterocycles. The molecule has 0 unspecified atom stereocenters. The van der Waals surface area contributed by atoms with Gasteiger partial charge in [0.2, 0.25) is 0 Å². The molecule has 0 atom stereocenters. The van der Waals surface area contributed by atoms with Gasteiger partial charge in [0.25, 0.3) is 5.91 Å². The molecule has 0 saturated carbocycles. The van der Waals surface area contributed by atoms with Crippen molar-refractivity contribution in [3.63, 3.8) is 0 Å². The molecular formula is C14H10ClF3N2O2. The number of ether oxygens (including phenoxy) is 1. The Morgan fingerprint density at radius 1 is 1.27 bits per heavy atom. The maximum Gasteiger partial charge on any atom is 0.433 e. The SMILES string of the molecule is COc1ccc(NC(=O)c2ccc(C(F)(F)F)nc2)cc1Cl. The van der Waals surface area contributed by atoms with Gasteiger partial charge in [0.15, 0.2) is 0 Å². The molecule has 0 aliphatic heterocycles. The van der Waals surface area contributed by atoms with Crippen molar-refractivity contribution in [3.8, 4) is 5.75 Å². The van der Waals surface area contributed by atoms with E-state index in [0.717, 1.165) is 18.3 Å². The first-order valence-corrected chi connectivity index (χ1v) is 6.37. The zero-order valence-electron chi connectivity index (χ0n) is 11.2. The van der Waals surface area contributed by atoms with Crippen molar-refractivity contribution in [1.82, 2.24) is 4.98 Å². The van der Waals surface area contributed by atoms with E-state index in [-0.39, 0.29) is 5.56 Å². The highest BCUT2D eigenvalue weighted by Crippen LogP contribution is 2.28. The van der Waals surface area contributed by atoms with Crippen LogP contribution in [-0.2, 0) is 6.18 Å². The first-order valence-electron chi connectivity index (χ1n) is 5.99. The lowest BCUT2D eigenvalue weighted by Crippen LogP contribution is -2.14. The van der Waals surface area contributed by atoms with Crippen molar-refractivity contribution in [1.29, 1.82) is 0 Å². The van der Waals surface area contributed by atoms with E-state index >= 15 is 0 Å². The van der Waals surface area contributed by atoms with E-state index in [1.54, 1.807) is 12.1 Å². The Kier molecular flexibility index (Phi) is 4.56. The highest BCUT2D eigenvalue weighted by Gasteiger charge is 2.32. The molecule has 0 saturated heterocycles. The molecule has 8 heteroatoms. The lowest BCUT2D eigenvalue weighted by molar-refractivity contribution is -0.141. The molecule has 116 valence electrons. The third-order valence-electron chi connectivity index (χ3n) is 2.73. The highest BCUT2D eigenvalue weighted by molar-refractivity contribution is 6.32. The molecule has 1 aromatic carbocycles. The number of pyridine rings is 1. The second-order valence-electron chi connectivity index (χ2n) is 4.23. The van der Waals surface area contributed by atoms with Crippen molar-refractivity contribution in [2.75, 3.05) is 12.4 Å². The molecule has 1 heterocycles. The Labute approximate surface area is 128 Å². The number of carbonyl (C=O) groups is 1. The lowest BCUT2D eigenvalue weighted by Gasteiger charge is -2.09. The van der Waals surface area contributed by atoms with Crippen LogP contribution in [0.1, 0.15) is 16.1 Å². The molecule has 0 fully saturated rings. The highest BCUT2D eigenvalue weighted by atomic mass is 35.5. The Hall–Kier alpha value is -2.28. The molecule has 2 rings (SSSR count). The minimum Gasteiger partial charge on any atom is -0.495 e. The second-order valence-corrected chi connectivity index (χ2v) is 4.64. The van der Waals surface area contributed by atoms with Crippen LogP contribution in [-0.4, -0.2) is 18.0 Å². The minimum absolute atomic E-state index is 0.0000551. The number of halogens is 4. The van der Waals surface area contributed by atoms with Gasteiger partial charge in [-0.3, -0.25) is 9.78 Å². The van der Waals surface area contributed by atoms with E-state index in [0.29, 0.717) is 16.5 Å². The van der Waals surface area contributed by atoms with Gasteiger partial charge in [0.05, 0.1) is 17.7 Å². The number of rotatable bonds is 3. The van der Waals surface area contributed by atoms with Crippen LogP contribution >= 0.6 is 11.6 Å². The van der Waals surface area contributed by atoms with Gasteiger partial charge in [-0.2, -0.15) is 13.2 Å². The van der Waals surface area contributed by atoms with Crippen LogP contribution in [0.5, 0.6) is 5.75 Å². The molecule has 0 aliphatic rings. The van der Waals surface area contributed by atoms with E-state index < -0.39 is 17.8 Å². The van der Waals surface area contributed by atoms with Crippen LogP contribution in [0, 0.1) is 0 Å². The Morgan fingerprint density at radius 2 is 2.00 bits per heavy atom. The predicted molar refractivity (Wildman–Crippen MR) is 75.2 cm³/mol. The third-order valence-corrected chi connectivity index (χ3v) is 3.02. The summed E-state index contributed by atoms with van der Waals surface area (Å²) in [7, 11) is 1.45. The van der Waals surface area contributed by atoms with E-state index in [2.05, 4.69) is 10.3 Å². The predicted octanol–water partition coefficient (Wildman–Crippen LogP) is 4.01. The van der Waals surface area contributed by atoms with E-state index in [9.17, 15) is 18.0 Å². The number of nitrogens with one attached hydrogen (secondary N) is 1. The molecule has 0 bridgehead atoms. The van der Waals surface area contributed by atoms with Gasteiger partial charge in [-0.25, -0.2) is 0 Å². The van der Waals surface area contributed by atoms with E-state index in [4.69, 9.17) is 16.3 Å². The van der Waals surface area contributed by atoms with Gasteiger partial charge < -0.3 is 10.1 Å². The Balaban J connectivity index is 2.14. The van der Waals surface area contributed by atoms with Crippen molar-refractivity contribution in [2.45, 2.75) is 6.18 Å². The summed E-state index contributed by atoms with van der Waals surface area (Å²) in [6.45, 7) is 0. The largest absolute Gasteiger partial charge is 0.495 e. The van der Waals surface area contributed by atoms with E-state index in [1.165, 1.54) is 13.2 Å².